The zero-order valence-electron chi connectivity index (χ0n) is 8.90. The molecule has 0 atom stereocenters. The first-order valence-electron chi connectivity index (χ1n) is 5.08. The van der Waals surface area contributed by atoms with Crippen molar-refractivity contribution in [2.24, 2.45) is 5.73 Å². The van der Waals surface area contributed by atoms with E-state index in [1.165, 1.54) is 0 Å². The molecule has 16 heavy (non-hydrogen) atoms. The fourth-order valence-corrected chi connectivity index (χ4v) is 1.14. The highest BCUT2D eigenvalue weighted by Crippen LogP contribution is 1.98. The molecule has 0 saturated carbocycles. The van der Waals surface area contributed by atoms with Gasteiger partial charge in [-0.1, -0.05) is 0 Å². The Bertz CT molecular complexity index is 293. The van der Waals surface area contributed by atoms with E-state index >= 15 is 0 Å². The third-order valence-corrected chi connectivity index (χ3v) is 1.91. The average Bonchev–Trinajstić information content (AvgIpc) is 2.27. The standard InChI is InChI=1S/C10H15F2N3O/c11-9(12)7-16-4-2-10-14-5-8(1-3-13)6-15-10/h5-6,9H,1-4,7,13H2. The lowest BCUT2D eigenvalue weighted by molar-refractivity contribution is 0.0183. The molecule has 0 unspecified atom stereocenters. The van der Waals surface area contributed by atoms with Crippen LogP contribution < -0.4 is 5.73 Å². The van der Waals surface area contributed by atoms with Crippen LogP contribution in [0.5, 0.6) is 0 Å². The minimum absolute atomic E-state index is 0.209. The van der Waals surface area contributed by atoms with Crippen LogP contribution in [0, 0.1) is 0 Å². The Labute approximate surface area is 92.8 Å². The van der Waals surface area contributed by atoms with Gasteiger partial charge in [-0.15, -0.1) is 0 Å². The summed E-state index contributed by atoms with van der Waals surface area (Å²) in [5.41, 5.74) is 6.35. The van der Waals surface area contributed by atoms with Crippen LogP contribution in [0.2, 0.25) is 0 Å². The first kappa shape index (κ1) is 12.9. The highest BCUT2D eigenvalue weighted by atomic mass is 19.3. The number of aromatic nitrogens is 2. The third-order valence-electron chi connectivity index (χ3n) is 1.91. The van der Waals surface area contributed by atoms with Crippen LogP contribution in [0.1, 0.15) is 11.4 Å². The van der Waals surface area contributed by atoms with E-state index in [1.54, 1.807) is 12.4 Å². The van der Waals surface area contributed by atoms with Crippen molar-refractivity contribution in [1.29, 1.82) is 0 Å². The summed E-state index contributed by atoms with van der Waals surface area (Å²) in [6.45, 7) is 0.228. The molecule has 0 amide bonds. The predicted octanol–water partition coefficient (Wildman–Crippen LogP) is 0.802. The van der Waals surface area contributed by atoms with E-state index in [1.807, 2.05) is 0 Å². The maximum Gasteiger partial charge on any atom is 0.261 e. The predicted molar refractivity (Wildman–Crippen MR) is 55.3 cm³/mol. The zero-order valence-corrected chi connectivity index (χ0v) is 8.90. The highest BCUT2D eigenvalue weighted by Gasteiger charge is 2.02. The van der Waals surface area contributed by atoms with Gasteiger partial charge in [0.15, 0.2) is 0 Å². The normalized spacial score (nSPS) is 11.0. The van der Waals surface area contributed by atoms with Crippen molar-refractivity contribution in [3.8, 4) is 0 Å². The van der Waals surface area contributed by atoms with Gasteiger partial charge in [-0.05, 0) is 18.5 Å². The van der Waals surface area contributed by atoms with Gasteiger partial charge in [-0.25, -0.2) is 18.7 Å². The van der Waals surface area contributed by atoms with Crippen LogP contribution in [0.25, 0.3) is 0 Å². The van der Waals surface area contributed by atoms with Crippen LogP contribution in [0.3, 0.4) is 0 Å². The molecule has 0 aliphatic carbocycles. The summed E-state index contributed by atoms with van der Waals surface area (Å²) in [6, 6.07) is 0. The Morgan fingerprint density at radius 1 is 1.25 bits per heavy atom. The maximum absolute atomic E-state index is 11.7. The number of nitrogens with two attached hydrogens (primary N) is 1. The summed E-state index contributed by atoms with van der Waals surface area (Å²) in [6.07, 6.45) is 2.15. The van der Waals surface area contributed by atoms with Gasteiger partial charge >= 0.3 is 0 Å². The van der Waals surface area contributed by atoms with Crippen molar-refractivity contribution in [3.05, 3.63) is 23.8 Å². The van der Waals surface area contributed by atoms with Gasteiger partial charge < -0.3 is 10.5 Å². The van der Waals surface area contributed by atoms with E-state index in [-0.39, 0.29) is 6.61 Å². The number of hydrogen-bond donors (Lipinski definition) is 1. The molecule has 0 aliphatic heterocycles. The summed E-state index contributed by atoms with van der Waals surface area (Å²) >= 11 is 0. The summed E-state index contributed by atoms with van der Waals surface area (Å²) in [4.78, 5) is 8.16. The minimum Gasteiger partial charge on any atom is -0.375 e. The molecule has 0 aromatic carbocycles. The molecule has 0 fully saturated rings. The number of alkyl halides is 2. The van der Waals surface area contributed by atoms with E-state index in [4.69, 9.17) is 10.5 Å². The molecule has 1 aromatic heterocycles. The molecular weight excluding hydrogens is 216 g/mol. The van der Waals surface area contributed by atoms with Gasteiger partial charge in [0, 0.05) is 18.8 Å². The molecule has 0 saturated heterocycles. The Kier molecular flexibility index (Phi) is 5.81. The molecule has 0 bridgehead atoms. The van der Waals surface area contributed by atoms with Gasteiger partial charge in [0.05, 0.1) is 6.61 Å². The van der Waals surface area contributed by atoms with Crippen molar-refractivity contribution in [2.75, 3.05) is 19.8 Å². The first-order chi connectivity index (χ1) is 7.72. The fraction of sp³-hybridized carbons (Fsp3) is 0.600. The Morgan fingerprint density at radius 2 is 1.94 bits per heavy atom. The summed E-state index contributed by atoms with van der Waals surface area (Å²) in [7, 11) is 0. The van der Waals surface area contributed by atoms with Gasteiger partial charge in [0.25, 0.3) is 6.43 Å². The summed E-state index contributed by atoms with van der Waals surface area (Å²) in [5, 5.41) is 0. The maximum atomic E-state index is 11.7. The van der Waals surface area contributed by atoms with E-state index in [9.17, 15) is 8.78 Å². The van der Waals surface area contributed by atoms with Crippen LogP contribution in [0.4, 0.5) is 8.78 Å². The second-order valence-corrected chi connectivity index (χ2v) is 3.26. The second-order valence-electron chi connectivity index (χ2n) is 3.26. The molecule has 1 heterocycles. The number of nitrogens with zero attached hydrogens (tertiary/aromatic N) is 2. The molecule has 0 radical (unpaired) electrons. The topological polar surface area (TPSA) is 61.0 Å². The van der Waals surface area contributed by atoms with Crippen LogP contribution in [-0.4, -0.2) is 36.2 Å². The monoisotopic (exact) mass is 231 g/mol. The number of halogens is 2. The van der Waals surface area contributed by atoms with Crippen molar-refractivity contribution >= 4 is 0 Å². The molecule has 6 heteroatoms. The van der Waals surface area contributed by atoms with E-state index in [0.29, 0.717) is 18.8 Å². The largest absolute Gasteiger partial charge is 0.375 e. The number of rotatable bonds is 7. The van der Waals surface area contributed by atoms with Crippen molar-refractivity contribution in [1.82, 2.24) is 9.97 Å². The molecule has 90 valence electrons. The molecule has 1 aromatic rings. The molecule has 1 rings (SSSR count). The van der Waals surface area contributed by atoms with Gasteiger partial charge in [-0.2, -0.15) is 0 Å². The average molecular weight is 231 g/mol. The number of hydrogen-bond acceptors (Lipinski definition) is 4. The molecule has 4 nitrogen and oxygen atoms in total. The van der Waals surface area contributed by atoms with Crippen LogP contribution in [-0.2, 0) is 17.6 Å². The Morgan fingerprint density at radius 3 is 2.50 bits per heavy atom. The Balaban J connectivity index is 2.26. The van der Waals surface area contributed by atoms with Gasteiger partial charge in [-0.3, -0.25) is 0 Å². The van der Waals surface area contributed by atoms with Crippen LogP contribution in [0.15, 0.2) is 12.4 Å². The molecular formula is C10H15F2N3O. The SMILES string of the molecule is NCCc1cnc(CCOCC(F)F)nc1. The van der Waals surface area contributed by atoms with E-state index < -0.39 is 13.0 Å². The van der Waals surface area contributed by atoms with Crippen molar-refractivity contribution < 1.29 is 13.5 Å². The molecule has 0 spiro atoms. The van der Waals surface area contributed by atoms with E-state index in [2.05, 4.69) is 9.97 Å². The summed E-state index contributed by atoms with van der Waals surface area (Å²) in [5.74, 6) is 0.593. The Hall–Kier alpha value is -1.14. The highest BCUT2D eigenvalue weighted by molar-refractivity contribution is 5.05. The van der Waals surface area contributed by atoms with Crippen LogP contribution >= 0.6 is 0 Å². The van der Waals surface area contributed by atoms with E-state index in [0.717, 1.165) is 12.0 Å². The minimum atomic E-state index is -2.42. The fourth-order valence-electron chi connectivity index (χ4n) is 1.14. The molecule has 0 aliphatic rings. The lowest BCUT2D eigenvalue weighted by Crippen LogP contribution is -2.09. The smallest absolute Gasteiger partial charge is 0.261 e. The lowest BCUT2D eigenvalue weighted by atomic mass is 10.2. The summed E-state index contributed by atoms with van der Waals surface area (Å²) < 4.78 is 28.2. The second kappa shape index (κ2) is 7.19. The third kappa shape index (κ3) is 5.09. The van der Waals surface area contributed by atoms with Gasteiger partial charge in [0.1, 0.15) is 12.4 Å². The zero-order chi connectivity index (χ0) is 11.8. The lowest BCUT2D eigenvalue weighted by Gasteiger charge is -2.03. The molecule has 2 N–H and O–H groups in total. The number of ether oxygens (including phenoxy) is 1. The first-order valence-corrected chi connectivity index (χ1v) is 5.08. The van der Waals surface area contributed by atoms with Crippen molar-refractivity contribution in [2.45, 2.75) is 19.3 Å². The van der Waals surface area contributed by atoms with Gasteiger partial charge in [0.2, 0.25) is 0 Å². The van der Waals surface area contributed by atoms with Crippen molar-refractivity contribution in [3.63, 3.8) is 0 Å². The quantitative estimate of drug-likeness (QED) is 0.705.